The van der Waals surface area contributed by atoms with E-state index < -0.39 is 0 Å². The van der Waals surface area contributed by atoms with Gasteiger partial charge in [-0.1, -0.05) is 31.4 Å². The molecule has 29 heavy (non-hydrogen) atoms. The summed E-state index contributed by atoms with van der Waals surface area (Å²) in [4.78, 5) is 11.9. The van der Waals surface area contributed by atoms with Crippen molar-refractivity contribution in [2.24, 2.45) is 0 Å². The highest BCUT2D eigenvalue weighted by Gasteiger charge is 2.25. The molecular weight excluding hydrogens is 364 g/mol. The first-order chi connectivity index (χ1) is 14.3. The quantitative estimate of drug-likeness (QED) is 0.823. The van der Waals surface area contributed by atoms with Gasteiger partial charge in [0.25, 0.3) is 0 Å². The zero-order valence-corrected chi connectivity index (χ0v) is 17.2. The predicted molar refractivity (Wildman–Crippen MR) is 114 cm³/mol. The molecule has 1 saturated carbocycles. The summed E-state index contributed by atoms with van der Waals surface area (Å²) < 4.78 is 11.3. The summed E-state index contributed by atoms with van der Waals surface area (Å²) in [7, 11) is 0. The summed E-state index contributed by atoms with van der Waals surface area (Å²) in [5.41, 5.74) is 4.61. The number of rotatable bonds is 4. The number of hydrogen-bond acceptors (Lipinski definition) is 6. The number of fused-ring (bicyclic) bond motifs is 1. The van der Waals surface area contributed by atoms with Gasteiger partial charge in [-0.2, -0.15) is 4.98 Å². The first-order valence-corrected chi connectivity index (χ1v) is 11.0. The smallest absolute Gasteiger partial charge is 0.227 e. The molecule has 2 aliphatic heterocycles. The molecule has 1 aliphatic carbocycles. The molecule has 154 valence electrons. The monoisotopic (exact) mass is 394 g/mol. The minimum Gasteiger partial charge on any atom is -0.375 e. The van der Waals surface area contributed by atoms with Gasteiger partial charge in [0.15, 0.2) is 0 Å². The van der Waals surface area contributed by atoms with Crippen LogP contribution in [-0.2, 0) is 22.7 Å². The number of ether oxygens (including phenoxy) is 2. The lowest BCUT2D eigenvalue weighted by molar-refractivity contribution is 0.0526. The van der Waals surface area contributed by atoms with Gasteiger partial charge < -0.3 is 19.7 Å². The third kappa shape index (κ3) is 4.09. The Hall–Kier alpha value is -2.18. The van der Waals surface area contributed by atoms with Gasteiger partial charge in [0, 0.05) is 24.3 Å². The van der Waals surface area contributed by atoms with Crippen LogP contribution in [0.5, 0.6) is 0 Å². The van der Waals surface area contributed by atoms with Crippen LogP contribution in [0.2, 0.25) is 0 Å². The number of morpholine rings is 1. The average Bonchev–Trinajstić information content (AvgIpc) is 3.24. The van der Waals surface area contributed by atoms with Crippen molar-refractivity contribution in [3.05, 3.63) is 41.1 Å². The van der Waals surface area contributed by atoms with E-state index in [0.29, 0.717) is 19.8 Å². The maximum atomic E-state index is 5.67. The standard InChI is InChI=1S/C23H30N4O2/c1-16-13-27(11-12-29-16)23-25-21-15-28-14-20(21)22(26-23)24-19-9-7-18(8-10-19)17-5-3-2-4-6-17/h7-10,16-17H,2-6,11-15H2,1H3,(H,24,25,26). The fourth-order valence-electron chi connectivity index (χ4n) is 4.69. The van der Waals surface area contributed by atoms with Crippen molar-refractivity contribution in [1.29, 1.82) is 0 Å². The molecule has 0 amide bonds. The van der Waals surface area contributed by atoms with Gasteiger partial charge in [-0.15, -0.1) is 0 Å². The van der Waals surface area contributed by atoms with Crippen molar-refractivity contribution in [2.75, 3.05) is 29.9 Å². The Morgan fingerprint density at radius 2 is 1.86 bits per heavy atom. The summed E-state index contributed by atoms with van der Waals surface area (Å²) in [5.74, 6) is 2.36. The number of nitrogens with one attached hydrogen (secondary N) is 1. The number of benzene rings is 1. The normalized spacial score (nSPS) is 22.5. The molecular formula is C23H30N4O2. The van der Waals surface area contributed by atoms with Crippen LogP contribution in [-0.4, -0.2) is 35.8 Å². The molecule has 3 aliphatic rings. The van der Waals surface area contributed by atoms with Crippen LogP contribution < -0.4 is 10.2 Å². The Kier molecular flexibility index (Phi) is 5.38. The van der Waals surface area contributed by atoms with Gasteiger partial charge in [-0.3, -0.25) is 0 Å². The van der Waals surface area contributed by atoms with Crippen molar-refractivity contribution >= 4 is 17.5 Å². The molecule has 1 N–H and O–H groups in total. The molecule has 0 spiro atoms. The molecule has 1 saturated heterocycles. The van der Waals surface area contributed by atoms with E-state index in [1.165, 1.54) is 37.7 Å². The Bertz CT molecular complexity index is 849. The molecule has 1 aromatic heterocycles. The Morgan fingerprint density at radius 1 is 1.03 bits per heavy atom. The number of hydrogen-bond donors (Lipinski definition) is 1. The van der Waals surface area contributed by atoms with Crippen molar-refractivity contribution in [3.8, 4) is 0 Å². The minimum atomic E-state index is 0.195. The second-order valence-corrected chi connectivity index (χ2v) is 8.50. The zero-order chi connectivity index (χ0) is 19.6. The largest absolute Gasteiger partial charge is 0.375 e. The van der Waals surface area contributed by atoms with Crippen LogP contribution in [0.15, 0.2) is 24.3 Å². The number of anilines is 3. The maximum absolute atomic E-state index is 5.67. The first-order valence-electron chi connectivity index (χ1n) is 11.0. The van der Waals surface area contributed by atoms with E-state index in [1.54, 1.807) is 0 Å². The fourth-order valence-corrected chi connectivity index (χ4v) is 4.69. The van der Waals surface area contributed by atoms with Crippen molar-refractivity contribution in [3.63, 3.8) is 0 Å². The van der Waals surface area contributed by atoms with E-state index in [9.17, 15) is 0 Å². The van der Waals surface area contributed by atoms with Crippen molar-refractivity contribution < 1.29 is 9.47 Å². The molecule has 0 bridgehead atoms. The SMILES string of the molecule is CC1CN(c2nc3c(c(Nc4ccc(C5CCCCC5)cc4)n2)COC3)CCO1. The van der Waals surface area contributed by atoms with E-state index in [2.05, 4.69) is 41.4 Å². The molecule has 6 heteroatoms. The minimum absolute atomic E-state index is 0.195. The van der Waals surface area contributed by atoms with Gasteiger partial charge in [-0.05, 0) is 43.4 Å². The second-order valence-electron chi connectivity index (χ2n) is 8.50. The molecule has 5 rings (SSSR count). The molecule has 0 radical (unpaired) electrons. The van der Waals surface area contributed by atoms with Gasteiger partial charge in [-0.25, -0.2) is 4.98 Å². The highest BCUT2D eigenvalue weighted by molar-refractivity contribution is 5.62. The summed E-state index contributed by atoms with van der Waals surface area (Å²) in [5, 5.41) is 3.54. The summed E-state index contributed by atoms with van der Waals surface area (Å²) in [6.07, 6.45) is 6.96. The lowest BCUT2D eigenvalue weighted by Gasteiger charge is -2.31. The molecule has 1 aromatic carbocycles. The van der Waals surface area contributed by atoms with E-state index in [4.69, 9.17) is 19.4 Å². The summed E-state index contributed by atoms with van der Waals surface area (Å²) in [6.45, 7) is 5.56. The van der Waals surface area contributed by atoms with Crippen LogP contribution in [0.4, 0.5) is 17.5 Å². The van der Waals surface area contributed by atoms with E-state index in [-0.39, 0.29) is 6.10 Å². The van der Waals surface area contributed by atoms with Gasteiger partial charge in [0.1, 0.15) is 5.82 Å². The van der Waals surface area contributed by atoms with Crippen molar-refractivity contribution in [1.82, 2.24) is 9.97 Å². The second kappa shape index (κ2) is 8.28. The fraction of sp³-hybridized carbons (Fsp3) is 0.565. The van der Waals surface area contributed by atoms with E-state index >= 15 is 0 Å². The number of nitrogens with zero attached hydrogens (tertiary/aromatic N) is 3. The highest BCUT2D eigenvalue weighted by Crippen LogP contribution is 2.34. The van der Waals surface area contributed by atoms with Crippen LogP contribution in [0.25, 0.3) is 0 Å². The third-order valence-corrected chi connectivity index (χ3v) is 6.34. The molecule has 1 unspecified atom stereocenters. The van der Waals surface area contributed by atoms with E-state index in [0.717, 1.165) is 47.7 Å². The van der Waals surface area contributed by atoms with Crippen LogP contribution >= 0.6 is 0 Å². The Morgan fingerprint density at radius 3 is 2.66 bits per heavy atom. The Labute approximate surface area is 172 Å². The Balaban J connectivity index is 1.37. The zero-order valence-electron chi connectivity index (χ0n) is 17.2. The number of aromatic nitrogens is 2. The predicted octanol–water partition coefficient (Wildman–Crippen LogP) is 4.52. The van der Waals surface area contributed by atoms with Crippen LogP contribution in [0.1, 0.15) is 61.8 Å². The summed E-state index contributed by atoms with van der Waals surface area (Å²) >= 11 is 0. The molecule has 2 fully saturated rings. The topological polar surface area (TPSA) is 59.5 Å². The maximum Gasteiger partial charge on any atom is 0.227 e. The van der Waals surface area contributed by atoms with Crippen LogP contribution in [0.3, 0.4) is 0 Å². The lowest BCUT2D eigenvalue weighted by Crippen LogP contribution is -2.42. The van der Waals surface area contributed by atoms with Gasteiger partial charge in [0.2, 0.25) is 5.95 Å². The first kappa shape index (κ1) is 18.8. The van der Waals surface area contributed by atoms with Gasteiger partial charge >= 0.3 is 0 Å². The lowest BCUT2D eigenvalue weighted by atomic mass is 9.84. The van der Waals surface area contributed by atoms with Crippen LogP contribution in [0, 0.1) is 0 Å². The molecule has 2 aromatic rings. The van der Waals surface area contributed by atoms with Gasteiger partial charge in [0.05, 0.1) is 31.6 Å². The molecule has 3 heterocycles. The third-order valence-electron chi connectivity index (χ3n) is 6.34. The van der Waals surface area contributed by atoms with E-state index in [1.807, 2.05) is 0 Å². The molecule has 1 atom stereocenters. The summed E-state index contributed by atoms with van der Waals surface area (Å²) in [6, 6.07) is 8.93. The average molecular weight is 395 g/mol. The highest BCUT2D eigenvalue weighted by atomic mass is 16.5. The van der Waals surface area contributed by atoms with Crippen molar-refractivity contribution in [2.45, 2.75) is 64.3 Å². The molecule has 6 nitrogen and oxygen atoms in total.